The highest BCUT2D eigenvalue weighted by Gasteiger charge is 2.54. The van der Waals surface area contributed by atoms with E-state index in [9.17, 15) is 4.79 Å². The van der Waals surface area contributed by atoms with E-state index in [0.29, 0.717) is 23.0 Å². The third-order valence-corrected chi connectivity index (χ3v) is 4.70. The lowest BCUT2D eigenvalue weighted by Gasteiger charge is -2.09. The zero-order valence-corrected chi connectivity index (χ0v) is 12.6. The number of carbonyl (C=O) groups is 1. The molecular formula is C15H13N3O3S. The Morgan fingerprint density at radius 1 is 1.32 bits per heavy atom. The third-order valence-electron chi connectivity index (χ3n) is 3.82. The third kappa shape index (κ3) is 2.14. The van der Waals surface area contributed by atoms with Gasteiger partial charge in [-0.15, -0.1) is 11.3 Å². The minimum atomic E-state index is -0.605. The van der Waals surface area contributed by atoms with Gasteiger partial charge in [0.05, 0.1) is 16.0 Å². The van der Waals surface area contributed by atoms with Crippen LogP contribution in [0.5, 0.6) is 0 Å². The number of rotatable bonds is 4. The minimum absolute atomic E-state index is 0.119. The number of carbonyl (C=O) groups excluding carboxylic acids is 1. The molecule has 1 amide bonds. The molecule has 3 aromatic heterocycles. The van der Waals surface area contributed by atoms with Gasteiger partial charge in [0, 0.05) is 12.1 Å². The molecule has 0 aromatic carbocycles. The molecule has 0 bridgehead atoms. The van der Waals surface area contributed by atoms with Gasteiger partial charge < -0.3 is 14.4 Å². The van der Waals surface area contributed by atoms with E-state index in [0.717, 1.165) is 17.7 Å². The number of anilines is 1. The largest absolute Gasteiger partial charge is 0.360 e. The summed E-state index contributed by atoms with van der Waals surface area (Å²) in [6.45, 7) is 1.78. The summed E-state index contributed by atoms with van der Waals surface area (Å²) >= 11 is 1.58. The topological polar surface area (TPSA) is 81.2 Å². The van der Waals surface area contributed by atoms with Gasteiger partial charge in [0.1, 0.15) is 5.76 Å². The smallest absolute Gasteiger partial charge is 0.238 e. The Balaban J connectivity index is 1.57. The second-order valence-electron chi connectivity index (χ2n) is 5.41. The maximum atomic E-state index is 12.5. The minimum Gasteiger partial charge on any atom is -0.360 e. The molecule has 4 rings (SSSR count). The summed E-state index contributed by atoms with van der Waals surface area (Å²) in [5.74, 6) is 1.66. The van der Waals surface area contributed by atoms with E-state index in [4.69, 9.17) is 9.05 Å². The Morgan fingerprint density at radius 3 is 2.82 bits per heavy atom. The van der Waals surface area contributed by atoms with Crippen molar-refractivity contribution in [1.82, 2.24) is 10.3 Å². The fourth-order valence-electron chi connectivity index (χ4n) is 2.42. The molecule has 0 saturated heterocycles. The summed E-state index contributed by atoms with van der Waals surface area (Å²) in [7, 11) is 0. The van der Waals surface area contributed by atoms with Crippen LogP contribution in [0.25, 0.3) is 10.6 Å². The van der Waals surface area contributed by atoms with Crippen molar-refractivity contribution in [3.8, 4) is 10.6 Å². The molecule has 0 spiro atoms. The lowest BCUT2D eigenvalue weighted by Crippen LogP contribution is -2.28. The van der Waals surface area contributed by atoms with Gasteiger partial charge in [-0.3, -0.25) is 4.79 Å². The molecule has 1 aliphatic carbocycles. The van der Waals surface area contributed by atoms with Crippen LogP contribution in [-0.2, 0) is 10.2 Å². The van der Waals surface area contributed by atoms with Crippen LogP contribution in [0.3, 0.4) is 0 Å². The van der Waals surface area contributed by atoms with Gasteiger partial charge in [-0.25, -0.2) is 0 Å². The van der Waals surface area contributed by atoms with Crippen molar-refractivity contribution < 1.29 is 13.8 Å². The number of amides is 1. The van der Waals surface area contributed by atoms with E-state index in [-0.39, 0.29) is 5.91 Å². The number of nitrogens with zero attached hydrogens (tertiary/aromatic N) is 2. The summed E-state index contributed by atoms with van der Waals surface area (Å²) in [5, 5.41) is 12.7. The van der Waals surface area contributed by atoms with Crippen LogP contribution >= 0.6 is 11.3 Å². The van der Waals surface area contributed by atoms with Gasteiger partial charge in [-0.05, 0) is 31.2 Å². The molecule has 0 unspecified atom stereocenters. The molecule has 3 heterocycles. The maximum absolute atomic E-state index is 12.5. The molecule has 1 saturated carbocycles. The van der Waals surface area contributed by atoms with Crippen LogP contribution in [0.2, 0.25) is 0 Å². The second-order valence-corrected chi connectivity index (χ2v) is 6.36. The van der Waals surface area contributed by atoms with Crippen molar-refractivity contribution >= 4 is 23.1 Å². The van der Waals surface area contributed by atoms with Gasteiger partial charge in [0.15, 0.2) is 11.6 Å². The summed E-state index contributed by atoms with van der Waals surface area (Å²) in [4.78, 5) is 13.5. The highest BCUT2D eigenvalue weighted by atomic mass is 32.1. The van der Waals surface area contributed by atoms with Crippen LogP contribution in [0.1, 0.15) is 24.3 Å². The number of hydrogen-bond acceptors (Lipinski definition) is 6. The first-order valence-electron chi connectivity index (χ1n) is 6.93. The molecule has 6 nitrogen and oxygen atoms in total. The predicted molar refractivity (Wildman–Crippen MR) is 80.6 cm³/mol. The van der Waals surface area contributed by atoms with Crippen LogP contribution in [-0.4, -0.2) is 16.2 Å². The first kappa shape index (κ1) is 13.3. The fourth-order valence-corrected chi connectivity index (χ4v) is 3.09. The first-order chi connectivity index (χ1) is 10.7. The second kappa shape index (κ2) is 4.81. The Bertz CT molecular complexity index is 815. The average molecular weight is 315 g/mol. The molecule has 3 aromatic rings. The van der Waals surface area contributed by atoms with Crippen LogP contribution < -0.4 is 5.32 Å². The van der Waals surface area contributed by atoms with Gasteiger partial charge >= 0.3 is 0 Å². The van der Waals surface area contributed by atoms with E-state index in [2.05, 4.69) is 15.6 Å². The van der Waals surface area contributed by atoms with Gasteiger partial charge in [-0.2, -0.15) is 0 Å². The Kier molecular flexibility index (Phi) is 2.90. The summed E-state index contributed by atoms with van der Waals surface area (Å²) < 4.78 is 10.3. The summed E-state index contributed by atoms with van der Waals surface area (Å²) in [6, 6.07) is 7.46. The van der Waals surface area contributed by atoms with Crippen molar-refractivity contribution in [1.29, 1.82) is 0 Å². The molecule has 0 atom stereocenters. The highest BCUT2D eigenvalue weighted by molar-refractivity contribution is 7.13. The molecule has 0 aliphatic heterocycles. The number of hydrogen-bond donors (Lipinski definition) is 1. The average Bonchev–Trinajstić information content (AvgIpc) is 2.93. The van der Waals surface area contributed by atoms with Crippen molar-refractivity contribution in [2.24, 2.45) is 0 Å². The maximum Gasteiger partial charge on any atom is 0.238 e. The zero-order chi connectivity index (χ0) is 15.2. The fraction of sp³-hybridized carbons (Fsp3) is 0.267. The monoisotopic (exact) mass is 315 g/mol. The molecular weight excluding hydrogens is 302 g/mol. The lowest BCUT2D eigenvalue weighted by atomic mass is 10.0. The number of aromatic nitrogens is 2. The normalized spacial score (nSPS) is 15.7. The molecule has 7 heteroatoms. The Labute approximate surface area is 130 Å². The highest BCUT2D eigenvalue weighted by Crippen LogP contribution is 2.49. The molecule has 0 radical (unpaired) electrons. The first-order valence-corrected chi connectivity index (χ1v) is 7.81. The molecule has 1 fully saturated rings. The van der Waals surface area contributed by atoms with Crippen molar-refractivity contribution in [3.05, 3.63) is 41.1 Å². The Hall–Kier alpha value is -2.41. The van der Waals surface area contributed by atoms with E-state index in [1.54, 1.807) is 24.3 Å². The van der Waals surface area contributed by atoms with E-state index < -0.39 is 5.41 Å². The number of aryl methyl sites for hydroxylation is 1. The SMILES string of the molecule is Cc1cc(NC(=O)C2(c3cc(-c4cccs4)on3)CC2)no1. The van der Waals surface area contributed by atoms with Crippen molar-refractivity contribution in [3.63, 3.8) is 0 Å². The van der Waals surface area contributed by atoms with Crippen molar-refractivity contribution in [2.75, 3.05) is 5.32 Å². The van der Waals surface area contributed by atoms with Crippen LogP contribution in [0, 0.1) is 6.92 Å². The summed E-state index contributed by atoms with van der Waals surface area (Å²) in [6.07, 6.45) is 1.51. The zero-order valence-electron chi connectivity index (χ0n) is 11.8. The van der Waals surface area contributed by atoms with Crippen molar-refractivity contribution in [2.45, 2.75) is 25.2 Å². The van der Waals surface area contributed by atoms with E-state index in [1.165, 1.54) is 0 Å². The quantitative estimate of drug-likeness (QED) is 0.798. The van der Waals surface area contributed by atoms with E-state index >= 15 is 0 Å². The standard InChI is InChI=1S/C15H13N3O3S/c1-9-7-13(18-20-9)16-14(19)15(4-5-15)12-8-10(21-17-12)11-3-2-6-22-11/h2-3,6-8H,4-5H2,1H3,(H,16,18,19). The van der Waals surface area contributed by atoms with Gasteiger partial charge in [-0.1, -0.05) is 16.4 Å². The van der Waals surface area contributed by atoms with Gasteiger partial charge in [0.2, 0.25) is 5.91 Å². The molecule has 112 valence electrons. The molecule has 22 heavy (non-hydrogen) atoms. The van der Waals surface area contributed by atoms with E-state index in [1.807, 2.05) is 23.6 Å². The summed E-state index contributed by atoms with van der Waals surface area (Å²) in [5.41, 5.74) is 0.0694. The van der Waals surface area contributed by atoms with Crippen LogP contribution in [0.15, 0.2) is 38.7 Å². The Morgan fingerprint density at radius 2 is 2.18 bits per heavy atom. The molecule has 1 N–H and O–H groups in total. The number of nitrogens with one attached hydrogen (secondary N) is 1. The van der Waals surface area contributed by atoms with Gasteiger partial charge in [0.25, 0.3) is 0 Å². The lowest BCUT2D eigenvalue weighted by molar-refractivity contribution is -0.118. The number of thiophene rings is 1. The molecule has 1 aliphatic rings. The predicted octanol–water partition coefficient (Wildman–Crippen LogP) is 3.37. The van der Waals surface area contributed by atoms with Crippen LogP contribution in [0.4, 0.5) is 5.82 Å².